The molecule has 2 aromatic rings. The molecule has 3 rings (SSSR count). The predicted molar refractivity (Wildman–Crippen MR) is 97.2 cm³/mol. The Morgan fingerprint density at radius 3 is 2.27 bits per heavy atom. The molecule has 1 saturated heterocycles. The van der Waals surface area contributed by atoms with E-state index in [1.165, 1.54) is 12.1 Å². The number of halogens is 6. The van der Waals surface area contributed by atoms with E-state index in [0.717, 1.165) is 19.3 Å². The van der Waals surface area contributed by atoms with E-state index in [9.17, 15) is 13.2 Å². The van der Waals surface area contributed by atoms with Crippen LogP contribution in [0.4, 0.5) is 19.1 Å². The second kappa shape index (κ2) is 7.38. The fraction of sp³-hybridized carbons (Fsp3) is 0.375. The number of piperazine rings is 1. The van der Waals surface area contributed by atoms with Crippen LogP contribution >= 0.6 is 34.8 Å². The average Bonchev–Trinajstić information content (AvgIpc) is 2.57. The van der Waals surface area contributed by atoms with Gasteiger partial charge in [0.2, 0.25) is 5.95 Å². The fourth-order valence-corrected chi connectivity index (χ4v) is 3.40. The quantitative estimate of drug-likeness (QED) is 0.642. The molecule has 10 heteroatoms. The Morgan fingerprint density at radius 2 is 1.65 bits per heavy atom. The summed E-state index contributed by atoms with van der Waals surface area (Å²) in [7, 11) is 1.95. The van der Waals surface area contributed by atoms with Crippen molar-refractivity contribution in [2.45, 2.75) is 6.18 Å². The molecule has 0 bridgehead atoms. The zero-order chi connectivity index (χ0) is 19.1. The highest BCUT2D eigenvalue weighted by Gasteiger charge is 2.37. The predicted octanol–water partition coefficient (Wildman–Crippen LogP) is 4.87. The number of nitrogens with zero attached hydrogens (tertiary/aromatic N) is 4. The van der Waals surface area contributed by atoms with E-state index in [0.29, 0.717) is 13.1 Å². The van der Waals surface area contributed by atoms with Crippen LogP contribution < -0.4 is 4.90 Å². The van der Waals surface area contributed by atoms with Gasteiger partial charge in [-0.3, -0.25) is 0 Å². The molecule has 26 heavy (non-hydrogen) atoms. The normalized spacial score (nSPS) is 16.2. The van der Waals surface area contributed by atoms with Gasteiger partial charge in [-0.1, -0.05) is 34.8 Å². The third-order valence-electron chi connectivity index (χ3n) is 4.11. The lowest BCUT2D eigenvalue weighted by Gasteiger charge is -2.32. The van der Waals surface area contributed by atoms with Crippen LogP contribution in [0.25, 0.3) is 11.1 Å². The molecule has 0 N–H and O–H groups in total. The molecule has 4 nitrogen and oxygen atoms in total. The van der Waals surface area contributed by atoms with Gasteiger partial charge in [0.25, 0.3) is 0 Å². The van der Waals surface area contributed by atoms with Gasteiger partial charge in [0.05, 0.1) is 10.0 Å². The van der Waals surface area contributed by atoms with E-state index in [4.69, 9.17) is 34.8 Å². The summed E-state index contributed by atoms with van der Waals surface area (Å²) >= 11 is 18.0. The molecule has 0 aliphatic carbocycles. The van der Waals surface area contributed by atoms with E-state index in [2.05, 4.69) is 14.9 Å². The minimum atomic E-state index is -4.68. The van der Waals surface area contributed by atoms with E-state index >= 15 is 0 Å². The number of benzene rings is 1. The summed E-state index contributed by atoms with van der Waals surface area (Å²) in [4.78, 5) is 11.7. The van der Waals surface area contributed by atoms with Crippen molar-refractivity contribution in [3.05, 3.63) is 39.1 Å². The molecule has 1 fully saturated rings. The number of hydrogen-bond acceptors (Lipinski definition) is 4. The van der Waals surface area contributed by atoms with Crippen molar-refractivity contribution in [3.63, 3.8) is 0 Å². The topological polar surface area (TPSA) is 32.3 Å². The van der Waals surface area contributed by atoms with Gasteiger partial charge in [-0.25, -0.2) is 9.97 Å². The summed E-state index contributed by atoms with van der Waals surface area (Å²) in [6.07, 6.45) is -3.56. The maximum absolute atomic E-state index is 13.7. The first-order valence-electron chi connectivity index (χ1n) is 7.69. The first kappa shape index (κ1) is 19.5. The molecule has 140 valence electrons. The van der Waals surface area contributed by atoms with Crippen LogP contribution in [0.15, 0.2) is 18.3 Å². The van der Waals surface area contributed by atoms with Crippen molar-refractivity contribution in [1.29, 1.82) is 0 Å². The third-order valence-corrected chi connectivity index (χ3v) is 5.13. The standard InChI is InChI=1S/C16H14Cl3F3N4/c1-25-2-4-26(5-3-25)15-23-8-11(14(24-15)16(20,21)22)10-6-9(17)7-12(18)13(10)19/h6-8H,2-5H2,1H3. The lowest BCUT2D eigenvalue weighted by Crippen LogP contribution is -2.45. The first-order valence-corrected chi connectivity index (χ1v) is 8.83. The van der Waals surface area contributed by atoms with Crippen LogP contribution in [0.5, 0.6) is 0 Å². The highest BCUT2D eigenvalue weighted by molar-refractivity contribution is 6.45. The van der Waals surface area contributed by atoms with Crippen LogP contribution in [0.2, 0.25) is 15.1 Å². The number of anilines is 1. The summed E-state index contributed by atoms with van der Waals surface area (Å²) in [6, 6.07) is 2.68. The second-order valence-corrected chi connectivity index (χ2v) is 7.19. The third kappa shape index (κ3) is 4.01. The lowest BCUT2D eigenvalue weighted by atomic mass is 10.1. The van der Waals surface area contributed by atoms with Gasteiger partial charge in [0.15, 0.2) is 5.69 Å². The zero-order valence-corrected chi connectivity index (χ0v) is 15.9. The SMILES string of the molecule is CN1CCN(c2ncc(-c3cc(Cl)cc(Cl)c3Cl)c(C(F)(F)F)n2)CC1. The van der Waals surface area contributed by atoms with Crippen molar-refractivity contribution < 1.29 is 13.2 Å². The van der Waals surface area contributed by atoms with E-state index in [1.54, 1.807) is 4.90 Å². The monoisotopic (exact) mass is 424 g/mol. The van der Waals surface area contributed by atoms with E-state index < -0.39 is 11.9 Å². The molecule has 0 unspecified atom stereocenters. The van der Waals surface area contributed by atoms with Crippen molar-refractivity contribution in [2.75, 3.05) is 38.1 Å². The maximum Gasteiger partial charge on any atom is 0.434 e. The molecule has 2 heterocycles. The summed E-state index contributed by atoms with van der Waals surface area (Å²) in [5, 5.41) is 0.202. The largest absolute Gasteiger partial charge is 0.434 e. The van der Waals surface area contributed by atoms with Crippen LogP contribution in [0, 0.1) is 0 Å². The van der Waals surface area contributed by atoms with Crippen molar-refractivity contribution in [3.8, 4) is 11.1 Å². The minimum absolute atomic E-state index is 0.0301. The van der Waals surface area contributed by atoms with Crippen LogP contribution in [0.1, 0.15) is 5.69 Å². The van der Waals surface area contributed by atoms with Gasteiger partial charge in [0, 0.05) is 48.5 Å². The van der Waals surface area contributed by atoms with Gasteiger partial charge < -0.3 is 9.80 Å². The zero-order valence-electron chi connectivity index (χ0n) is 13.6. The fourth-order valence-electron chi connectivity index (χ4n) is 2.70. The Balaban J connectivity index is 2.10. The van der Waals surface area contributed by atoms with Crippen molar-refractivity contribution in [2.24, 2.45) is 0 Å². The molecule has 0 amide bonds. The van der Waals surface area contributed by atoms with Crippen molar-refractivity contribution in [1.82, 2.24) is 14.9 Å². The number of rotatable bonds is 2. The van der Waals surface area contributed by atoms with Gasteiger partial charge >= 0.3 is 6.18 Å². The Labute approximate surface area is 163 Å². The molecule has 0 atom stereocenters. The molecule has 1 aliphatic heterocycles. The number of alkyl halides is 3. The highest BCUT2D eigenvalue weighted by atomic mass is 35.5. The number of likely N-dealkylation sites (N-methyl/N-ethyl adjacent to an activating group) is 1. The molecular weight excluding hydrogens is 412 g/mol. The molecular formula is C16H14Cl3F3N4. The van der Waals surface area contributed by atoms with Gasteiger partial charge in [-0.05, 0) is 19.2 Å². The molecule has 1 aromatic carbocycles. The Bertz CT molecular complexity index is 821. The van der Waals surface area contributed by atoms with E-state index in [-0.39, 0.29) is 32.1 Å². The molecule has 1 aromatic heterocycles. The Morgan fingerprint density at radius 1 is 1.00 bits per heavy atom. The maximum atomic E-state index is 13.7. The number of hydrogen-bond donors (Lipinski definition) is 0. The van der Waals surface area contributed by atoms with Gasteiger partial charge in [-0.15, -0.1) is 0 Å². The molecule has 0 spiro atoms. The Kier molecular flexibility index (Phi) is 5.53. The number of aromatic nitrogens is 2. The Hall–Kier alpha value is -1.28. The van der Waals surface area contributed by atoms with Crippen LogP contribution in [0.3, 0.4) is 0 Å². The highest BCUT2D eigenvalue weighted by Crippen LogP contribution is 2.42. The average molecular weight is 426 g/mol. The van der Waals surface area contributed by atoms with Gasteiger partial charge in [0.1, 0.15) is 0 Å². The van der Waals surface area contributed by atoms with Crippen molar-refractivity contribution >= 4 is 40.8 Å². The van der Waals surface area contributed by atoms with Gasteiger partial charge in [-0.2, -0.15) is 13.2 Å². The smallest absolute Gasteiger partial charge is 0.338 e. The minimum Gasteiger partial charge on any atom is -0.338 e. The summed E-state index contributed by atoms with van der Waals surface area (Å²) < 4.78 is 41.0. The van der Waals surface area contributed by atoms with E-state index in [1.807, 2.05) is 7.05 Å². The molecule has 0 saturated carbocycles. The summed E-state index contributed by atoms with van der Waals surface area (Å²) in [6.45, 7) is 2.55. The van der Waals surface area contributed by atoms with Crippen LogP contribution in [-0.4, -0.2) is 48.1 Å². The second-order valence-electron chi connectivity index (χ2n) is 5.97. The first-order chi connectivity index (χ1) is 12.2. The molecule has 1 aliphatic rings. The lowest BCUT2D eigenvalue weighted by molar-refractivity contribution is -0.140. The summed E-state index contributed by atoms with van der Waals surface area (Å²) in [5.41, 5.74) is -1.28. The molecule has 0 radical (unpaired) electrons. The van der Waals surface area contributed by atoms with Crippen LogP contribution in [-0.2, 0) is 6.18 Å². The summed E-state index contributed by atoms with van der Waals surface area (Å²) in [5.74, 6) is 0.0402.